The van der Waals surface area contributed by atoms with Gasteiger partial charge >= 0.3 is 23.1 Å². The van der Waals surface area contributed by atoms with Gasteiger partial charge in [0, 0.05) is 55.5 Å². The fraction of sp³-hybridized carbons (Fsp3) is 0. The number of hydrogen-bond acceptors (Lipinski definition) is 0. The van der Waals surface area contributed by atoms with Crippen LogP contribution in [0.15, 0.2) is 0 Å². The molecule has 0 N–H and O–H groups in total. The van der Waals surface area contributed by atoms with Crippen LogP contribution in [0, 0.1) is 0 Å². The molecule has 0 fully saturated rings. The summed E-state index contributed by atoms with van der Waals surface area (Å²) in [5.74, 6) is 0. The smallest absolute Gasteiger partial charge is 0 e. The molecular weight excluding hydrogens is 228 g/mol. The summed E-state index contributed by atoms with van der Waals surface area (Å²) in [6.45, 7) is 0. The van der Waals surface area contributed by atoms with Gasteiger partial charge in [0.1, 0.15) is 0 Å². The summed E-state index contributed by atoms with van der Waals surface area (Å²) in [4.78, 5) is 0. The Bertz CT molecular complexity index is 8.00. The van der Waals surface area contributed by atoms with Crippen LogP contribution in [-0.2, 0) is 55.5 Å². The van der Waals surface area contributed by atoms with Crippen molar-refractivity contribution >= 4 is 23.1 Å². The average molecular weight is 230 g/mol. The second kappa shape index (κ2) is 17.8. The predicted molar refractivity (Wildman–Crippen MR) is 8.54 cm³/mol. The second-order valence-electron chi connectivity index (χ2n) is 0. The topological polar surface area (TPSA) is 0 Å². The molecule has 24 valence electrons. The molecule has 0 rings (SSSR count). The molecule has 0 nitrogen and oxygen atoms in total. The quantitative estimate of drug-likeness (QED) is 0.472. The molecule has 0 aromatic heterocycles. The van der Waals surface area contributed by atoms with Crippen LogP contribution in [0.3, 0.4) is 0 Å². The first-order chi connectivity index (χ1) is 0. The molecule has 0 heterocycles. The van der Waals surface area contributed by atoms with Crippen molar-refractivity contribution in [2.75, 3.05) is 0 Å². The van der Waals surface area contributed by atoms with Crippen LogP contribution in [-0.4, -0.2) is 23.1 Å². The summed E-state index contributed by atoms with van der Waals surface area (Å²) >= 11 is 0. The van der Waals surface area contributed by atoms with E-state index in [2.05, 4.69) is 0 Å². The van der Waals surface area contributed by atoms with Crippen molar-refractivity contribution < 1.29 is 55.5 Å². The largest absolute Gasteiger partial charge is 0.316 e. The summed E-state index contributed by atoms with van der Waals surface area (Å²) in [6, 6.07) is 0. The van der Waals surface area contributed by atoms with Crippen molar-refractivity contribution in [1.29, 1.82) is 0 Å². The first kappa shape index (κ1) is 31.4. The van der Waals surface area contributed by atoms with E-state index >= 15 is 0 Å². The van der Waals surface area contributed by atoms with Gasteiger partial charge in [-0.05, 0) is 0 Å². The van der Waals surface area contributed by atoms with Gasteiger partial charge in [-0.15, -0.1) is 0 Å². The third-order valence-electron chi connectivity index (χ3n) is 0. The van der Waals surface area contributed by atoms with Crippen LogP contribution in [0.5, 0.6) is 0 Å². The minimum absolute atomic E-state index is 0. The first-order valence-corrected chi connectivity index (χ1v) is 0. The molecule has 0 aliphatic heterocycles. The van der Waals surface area contributed by atoms with Crippen LogP contribution in [0.25, 0.3) is 0 Å². The predicted octanol–water partition coefficient (Wildman–Crippen LogP) is -0.924. The number of rotatable bonds is 0. The Hall–Kier alpha value is 2.51. The molecule has 0 aliphatic rings. The van der Waals surface area contributed by atoms with Gasteiger partial charge in [-0.1, -0.05) is 0 Å². The third-order valence-corrected chi connectivity index (χ3v) is 0. The molecule has 0 unspecified atom stereocenters. The van der Waals surface area contributed by atoms with E-state index in [0.29, 0.717) is 0 Å². The minimum Gasteiger partial charge on any atom is 0 e. The Morgan fingerprint density at radius 3 is 1.00 bits per heavy atom. The van der Waals surface area contributed by atoms with Gasteiger partial charge in [-0.25, -0.2) is 0 Å². The van der Waals surface area contributed by atoms with Gasteiger partial charge in [0.25, 0.3) is 0 Å². The van der Waals surface area contributed by atoms with Gasteiger partial charge in [0.15, 0.2) is 0 Å². The van der Waals surface area contributed by atoms with E-state index in [4.69, 9.17) is 0 Å². The minimum atomic E-state index is 0. The summed E-state index contributed by atoms with van der Waals surface area (Å²) in [5, 5.41) is 0. The van der Waals surface area contributed by atoms with Crippen molar-refractivity contribution in [3.63, 3.8) is 0 Å². The molecule has 0 radical (unpaired) electrons. The summed E-state index contributed by atoms with van der Waals surface area (Å²) in [5.41, 5.74) is 0. The van der Waals surface area contributed by atoms with E-state index in [1.54, 1.807) is 0 Å². The van der Waals surface area contributed by atoms with E-state index in [-0.39, 0.29) is 78.5 Å². The molecule has 0 saturated carbocycles. The Labute approximate surface area is 77.5 Å². The van der Waals surface area contributed by atoms with E-state index in [0.717, 1.165) is 0 Å². The molecule has 0 saturated heterocycles. The molecule has 0 aliphatic carbocycles. The van der Waals surface area contributed by atoms with Gasteiger partial charge in [0.2, 0.25) is 0 Å². The molecule has 0 atom stereocenters. The molecule has 4 heavy (non-hydrogen) atoms. The van der Waals surface area contributed by atoms with Crippen molar-refractivity contribution in [2.45, 2.75) is 0 Å². The maximum atomic E-state index is 0. The molecular formula is H2CrFeMgMo. The Balaban J connectivity index is 0. The Morgan fingerprint density at radius 2 is 1.00 bits per heavy atom. The fourth-order valence-electron chi connectivity index (χ4n) is 0. The van der Waals surface area contributed by atoms with Crippen LogP contribution in [0.1, 0.15) is 0 Å². The summed E-state index contributed by atoms with van der Waals surface area (Å²) in [6.07, 6.45) is 0. The van der Waals surface area contributed by atoms with Gasteiger partial charge < -0.3 is 0 Å². The monoisotopic (exact) mass is 232 g/mol. The zero-order valence-corrected chi connectivity index (χ0v) is 5.56. The second-order valence-corrected chi connectivity index (χ2v) is 0. The van der Waals surface area contributed by atoms with Crippen molar-refractivity contribution in [2.24, 2.45) is 0 Å². The molecule has 0 aromatic carbocycles. The molecule has 0 bridgehead atoms. The van der Waals surface area contributed by atoms with E-state index < -0.39 is 0 Å². The molecule has 0 amide bonds. The zero-order valence-electron chi connectivity index (χ0n) is 1.17. The maximum Gasteiger partial charge on any atom is 0.316 e. The van der Waals surface area contributed by atoms with Crippen LogP contribution in [0.4, 0.5) is 0 Å². The maximum absolute atomic E-state index is 0. The normalized spacial score (nSPS) is 0. The van der Waals surface area contributed by atoms with E-state index in [9.17, 15) is 0 Å². The molecule has 0 spiro atoms. The SMILES string of the molecule is [Cr].[Fe].[MgH2].[Mo]. The summed E-state index contributed by atoms with van der Waals surface area (Å²) in [7, 11) is 0. The Morgan fingerprint density at radius 1 is 1.00 bits per heavy atom. The van der Waals surface area contributed by atoms with Crippen molar-refractivity contribution in [3.8, 4) is 0 Å². The van der Waals surface area contributed by atoms with Crippen LogP contribution < -0.4 is 0 Å². The van der Waals surface area contributed by atoms with Gasteiger partial charge in [-0.3, -0.25) is 0 Å². The average Bonchev–Trinajstić information content (AvgIpc) is 0. The molecule has 4 heteroatoms. The van der Waals surface area contributed by atoms with Crippen molar-refractivity contribution in [3.05, 3.63) is 0 Å². The van der Waals surface area contributed by atoms with Gasteiger partial charge in [-0.2, -0.15) is 0 Å². The number of hydrogen-bond donors (Lipinski definition) is 0. The van der Waals surface area contributed by atoms with Gasteiger partial charge in [0.05, 0.1) is 0 Å². The van der Waals surface area contributed by atoms with Crippen LogP contribution >= 0.6 is 0 Å². The van der Waals surface area contributed by atoms with E-state index in [1.165, 1.54) is 0 Å². The summed E-state index contributed by atoms with van der Waals surface area (Å²) < 4.78 is 0. The van der Waals surface area contributed by atoms with Crippen molar-refractivity contribution in [1.82, 2.24) is 0 Å². The molecule has 0 aromatic rings. The zero-order chi connectivity index (χ0) is 0. The first-order valence-electron chi connectivity index (χ1n) is 0. The third kappa shape index (κ3) is 8.82. The Kier molecular flexibility index (Phi) is 140. The van der Waals surface area contributed by atoms with E-state index in [1.807, 2.05) is 0 Å². The fourth-order valence-corrected chi connectivity index (χ4v) is 0. The standard InChI is InChI=1S/Cr.Fe.Mg.Mo.2H. The van der Waals surface area contributed by atoms with Crippen LogP contribution in [0.2, 0.25) is 0 Å².